The van der Waals surface area contributed by atoms with Crippen molar-refractivity contribution in [2.45, 2.75) is 26.4 Å². The van der Waals surface area contributed by atoms with Gasteiger partial charge in [-0.25, -0.2) is 4.39 Å². The van der Waals surface area contributed by atoms with E-state index in [-0.39, 0.29) is 16.9 Å². The van der Waals surface area contributed by atoms with Crippen LogP contribution >= 0.6 is 11.6 Å². The highest BCUT2D eigenvalue weighted by Crippen LogP contribution is 2.20. The highest BCUT2D eigenvalue weighted by atomic mass is 35.5. The first-order chi connectivity index (χ1) is 8.58. The zero-order valence-corrected chi connectivity index (χ0v) is 11.1. The molecule has 0 fully saturated rings. The topological polar surface area (TPSA) is 40.7 Å². The molecular formula is C13H15ClFN3. The minimum absolute atomic E-state index is 0.0473. The number of rotatable bonds is 4. The second-order valence-corrected chi connectivity index (χ2v) is 4.70. The number of H-pyrrole nitrogens is 1. The molecule has 3 nitrogen and oxygen atoms in total. The summed E-state index contributed by atoms with van der Waals surface area (Å²) < 4.78 is 13.3. The monoisotopic (exact) mass is 267 g/mol. The van der Waals surface area contributed by atoms with Crippen molar-refractivity contribution >= 4 is 11.6 Å². The number of hydrogen-bond acceptors (Lipinski definition) is 2. The number of halogens is 2. The maximum absolute atomic E-state index is 13.3. The van der Waals surface area contributed by atoms with Gasteiger partial charge in [-0.3, -0.25) is 5.10 Å². The molecule has 0 aliphatic heterocycles. The maximum Gasteiger partial charge on any atom is 0.142 e. The molecule has 96 valence electrons. The van der Waals surface area contributed by atoms with Crippen molar-refractivity contribution in [3.63, 3.8) is 0 Å². The van der Waals surface area contributed by atoms with Gasteiger partial charge in [0.15, 0.2) is 0 Å². The molecule has 1 unspecified atom stereocenters. The number of nitrogens with one attached hydrogen (secondary N) is 2. The Balaban J connectivity index is 2.01. The zero-order valence-electron chi connectivity index (χ0n) is 10.3. The van der Waals surface area contributed by atoms with Crippen LogP contribution < -0.4 is 5.32 Å². The lowest BCUT2D eigenvalue weighted by atomic mass is 10.1. The molecule has 0 aliphatic rings. The van der Waals surface area contributed by atoms with Crippen molar-refractivity contribution in [2.75, 3.05) is 0 Å². The van der Waals surface area contributed by atoms with Gasteiger partial charge in [0.25, 0.3) is 0 Å². The third kappa shape index (κ3) is 2.89. The second kappa shape index (κ2) is 5.50. The van der Waals surface area contributed by atoms with Gasteiger partial charge in [0.1, 0.15) is 5.82 Å². The molecule has 0 saturated carbocycles. The Labute approximate surface area is 110 Å². The predicted molar refractivity (Wildman–Crippen MR) is 70.0 cm³/mol. The SMILES string of the molecule is Cc1[nH]ncc1CNC(C)c1ccc(Cl)c(F)c1. The maximum atomic E-state index is 13.3. The average Bonchev–Trinajstić information content (AvgIpc) is 2.75. The number of nitrogens with zero attached hydrogens (tertiary/aromatic N) is 1. The standard InChI is InChI=1S/C13H15ClFN3/c1-8(10-3-4-12(14)13(15)5-10)16-6-11-7-17-18-9(11)2/h3-5,7-8,16H,6H2,1-2H3,(H,17,18). The highest BCUT2D eigenvalue weighted by molar-refractivity contribution is 6.30. The van der Waals surface area contributed by atoms with Gasteiger partial charge in [0, 0.05) is 23.8 Å². The van der Waals surface area contributed by atoms with Crippen LogP contribution in [0.4, 0.5) is 4.39 Å². The zero-order chi connectivity index (χ0) is 13.1. The van der Waals surface area contributed by atoms with Crippen LogP contribution in [0, 0.1) is 12.7 Å². The number of hydrogen-bond donors (Lipinski definition) is 2. The van der Waals surface area contributed by atoms with Crippen LogP contribution in [0.15, 0.2) is 24.4 Å². The van der Waals surface area contributed by atoms with Gasteiger partial charge < -0.3 is 5.32 Å². The quantitative estimate of drug-likeness (QED) is 0.892. The fraction of sp³-hybridized carbons (Fsp3) is 0.308. The van der Waals surface area contributed by atoms with E-state index in [1.165, 1.54) is 6.07 Å². The summed E-state index contributed by atoms with van der Waals surface area (Å²) in [6.45, 7) is 4.64. The van der Waals surface area contributed by atoms with Crippen molar-refractivity contribution in [3.05, 3.63) is 52.1 Å². The normalized spacial score (nSPS) is 12.7. The molecule has 1 heterocycles. The molecule has 2 N–H and O–H groups in total. The molecule has 1 aromatic carbocycles. The first-order valence-corrected chi connectivity index (χ1v) is 6.13. The first-order valence-electron chi connectivity index (χ1n) is 5.75. The molecule has 18 heavy (non-hydrogen) atoms. The molecule has 0 spiro atoms. The van der Waals surface area contributed by atoms with E-state index in [4.69, 9.17) is 11.6 Å². The number of aromatic amines is 1. The van der Waals surface area contributed by atoms with Gasteiger partial charge in [0.05, 0.1) is 11.2 Å². The summed E-state index contributed by atoms with van der Waals surface area (Å²) in [6, 6.07) is 4.91. The van der Waals surface area contributed by atoms with Gasteiger partial charge in [-0.1, -0.05) is 17.7 Å². The third-order valence-corrected chi connectivity index (χ3v) is 3.28. The summed E-state index contributed by atoms with van der Waals surface area (Å²) >= 11 is 5.66. The van der Waals surface area contributed by atoms with E-state index in [0.717, 1.165) is 16.8 Å². The second-order valence-electron chi connectivity index (χ2n) is 4.30. The van der Waals surface area contributed by atoms with Crippen LogP contribution in [-0.4, -0.2) is 10.2 Å². The van der Waals surface area contributed by atoms with E-state index in [0.29, 0.717) is 6.54 Å². The summed E-state index contributed by atoms with van der Waals surface area (Å²) in [4.78, 5) is 0. The average molecular weight is 268 g/mol. The Kier molecular flexibility index (Phi) is 3.99. The Morgan fingerprint density at radius 1 is 1.50 bits per heavy atom. The molecule has 0 bridgehead atoms. The smallest absolute Gasteiger partial charge is 0.142 e. The fourth-order valence-electron chi connectivity index (χ4n) is 1.72. The Morgan fingerprint density at radius 3 is 2.89 bits per heavy atom. The van der Waals surface area contributed by atoms with Crippen LogP contribution in [-0.2, 0) is 6.54 Å². The van der Waals surface area contributed by atoms with Crippen molar-refractivity contribution in [2.24, 2.45) is 0 Å². The molecule has 1 atom stereocenters. The highest BCUT2D eigenvalue weighted by Gasteiger charge is 2.09. The lowest BCUT2D eigenvalue weighted by molar-refractivity contribution is 0.564. The molecule has 0 aliphatic carbocycles. The van der Waals surface area contributed by atoms with Crippen molar-refractivity contribution in [1.29, 1.82) is 0 Å². The number of aryl methyl sites for hydroxylation is 1. The van der Waals surface area contributed by atoms with Crippen LogP contribution in [0.2, 0.25) is 5.02 Å². The van der Waals surface area contributed by atoms with Gasteiger partial charge in [-0.15, -0.1) is 0 Å². The molecule has 2 aromatic rings. The van der Waals surface area contributed by atoms with Crippen LogP contribution in [0.25, 0.3) is 0 Å². The summed E-state index contributed by atoms with van der Waals surface area (Å²) in [6.07, 6.45) is 1.79. The Hall–Kier alpha value is -1.39. The molecule has 0 amide bonds. The Bertz CT molecular complexity index is 539. The van der Waals surface area contributed by atoms with Crippen LogP contribution in [0.1, 0.15) is 29.8 Å². The van der Waals surface area contributed by atoms with E-state index in [9.17, 15) is 4.39 Å². The minimum atomic E-state index is -0.387. The van der Waals surface area contributed by atoms with Gasteiger partial charge in [-0.05, 0) is 31.5 Å². The van der Waals surface area contributed by atoms with Crippen LogP contribution in [0.3, 0.4) is 0 Å². The molecule has 2 rings (SSSR count). The number of benzene rings is 1. The third-order valence-electron chi connectivity index (χ3n) is 2.98. The predicted octanol–water partition coefficient (Wildman–Crippen LogP) is 3.36. The van der Waals surface area contributed by atoms with E-state index in [1.54, 1.807) is 12.3 Å². The van der Waals surface area contributed by atoms with Crippen molar-refractivity contribution < 1.29 is 4.39 Å². The summed E-state index contributed by atoms with van der Waals surface area (Å²) in [5, 5.41) is 10.3. The summed E-state index contributed by atoms with van der Waals surface area (Å²) in [7, 11) is 0. The lowest BCUT2D eigenvalue weighted by Crippen LogP contribution is -2.18. The van der Waals surface area contributed by atoms with E-state index in [1.807, 2.05) is 19.9 Å². The van der Waals surface area contributed by atoms with Gasteiger partial charge in [-0.2, -0.15) is 5.10 Å². The largest absolute Gasteiger partial charge is 0.306 e. The molecule has 5 heteroatoms. The van der Waals surface area contributed by atoms with Gasteiger partial charge in [0.2, 0.25) is 0 Å². The first kappa shape index (κ1) is 13.1. The van der Waals surface area contributed by atoms with E-state index < -0.39 is 0 Å². The molecule has 0 radical (unpaired) electrons. The van der Waals surface area contributed by atoms with Crippen molar-refractivity contribution in [3.8, 4) is 0 Å². The van der Waals surface area contributed by atoms with Crippen LogP contribution in [0.5, 0.6) is 0 Å². The fourth-order valence-corrected chi connectivity index (χ4v) is 1.83. The van der Waals surface area contributed by atoms with E-state index >= 15 is 0 Å². The minimum Gasteiger partial charge on any atom is -0.306 e. The van der Waals surface area contributed by atoms with E-state index in [2.05, 4.69) is 15.5 Å². The Morgan fingerprint density at radius 2 is 2.28 bits per heavy atom. The van der Waals surface area contributed by atoms with Crippen molar-refractivity contribution in [1.82, 2.24) is 15.5 Å². The summed E-state index contributed by atoms with van der Waals surface area (Å²) in [5.74, 6) is -0.387. The number of aromatic nitrogens is 2. The lowest BCUT2D eigenvalue weighted by Gasteiger charge is -2.14. The summed E-state index contributed by atoms with van der Waals surface area (Å²) in [5.41, 5.74) is 3.02. The molecule has 0 saturated heterocycles. The molecular weight excluding hydrogens is 253 g/mol. The molecule has 1 aromatic heterocycles. The van der Waals surface area contributed by atoms with Gasteiger partial charge >= 0.3 is 0 Å².